The molecule has 1 aliphatic rings. The van der Waals surface area contributed by atoms with Crippen molar-refractivity contribution in [3.05, 3.63) is 42.1 Å². The number of likely N-dealkylation sites (tertiary alicyclic amines) is 1. The van der Waals surface area contributed by atoms with Crippen LogP contribution in [0.25, 0.3) is 10.9 Å². The average molecular weight is 319 g/mol. The highest BCUT2D eigenvalue weighted by atomic mass is 79.9. The van der Waals surface area contributed by atoms with Gasteiger partial charge in [0.1, 0.15) is 0 Å². The number of carbonyl (C=O) groups excluding carboxylic acids is 1. The van der Waals surface area contributed by atoms with Crippen LogP contribution in [0.1, 0.15) is 12.0 Å². The molecule has 1 atom stereocenters. The summed E-state index contributed by atoms with van der Waals surface area (Å²) < 4.78 is 0. The first kappa shape index (κ1) is 12.6. The van der Waals surface area contributed by atoms with E-state index in [1.807, 2.05) is 17.0 Å². The van der Waals surface area contributed by atoms with Crippen LogP contribution in [0.15, 0.2) is 36.5 Å². The lowest BCUT2D eigenvalue weighted by atomic mass is 10.1. The molecular formula is C15H15BrN2O. The zero-order valence-corrected chi connectivity index (χ0v) is 12.1. The minimum Gasteiger partial charge on any atom is -0.338 e. The van der Waals surface area contributed by atoms with Gasteiger partial charge >= 0.3 is 0 Å². The molecule has 2 aromatic rings. The summed E-state index contributed by atoms with van der Waals surface area (Å²) in [6.45, 7) is 1.50. The van der Waals surface area contributed by atoms with Gasteiger partial charge in [0.05, 0.1) is 5.52 Å². The van der Waals surface area contributed by atoms with Crippen molar-refractivity contribution < 1.29 is 4.79 Å². The minimum atomic E-state index is 0.248. The molecule has 0 radical (unpaired) electrons. The van der Waals surface area contributed by atoms with E-state index in [1.165, 1.54) is 0 Å². The molecule has 98 valence electrons. The maximum absolute atomic E-state index is 12.0. The molecule has 3 nitrogen and oxygen atoms in total. The van der Waals surface area contributed by atoms with Crippen LogP contribution >= 0.6 is 15.9 Å². The number of rotatable bonds is 3. The summed E-state index contributed by atoms with van der Waals surface area (Å²) >= 11 is 3.47. The normalized spacial score (nSPS) is 19.3. The van der Waals surface area contributed by atoms with E-state index in [1.54, 1.807) is 6.20 Å². The number of fused-ring (bicyclic) bond motifs is 1. The quantitative estimate of drug-likeness (QED) is 0.815. The smallest absolute Gasteiger partial charge is 0.223 e. The Morgan fingerprint density at radius 2 is 2.16 bits per heavy atom. The SMILES string of the molecule is O=C1CC(CBr)CN1Cc1cccc2cccnc12. The van der Waals surface area contributed by atoms with E-state index in [-0.39, 0.29) is 5.91 Å². The second-order valence-corrected chi connectivity index (χ2v) is 5.64. The van der Waals surface area contributed by atoms with Gasteiger partial charge in [-0.15, -0.1) is 0 Å². The first-order valence-electron chi connectivity index (χ1n) is 6.44. The number of amides is 1. The topological polar surface area (TPSA) is 33.2 Å². The molecule has 1 aromatic carbocycles. The average Bonchev–Trinajstić information content (AvgIpc) is 2.80. The molecule has 19 heavy (non-hydrogen) atoms. The number of benzene rings is 1. The minimum absolute atomic E-state index is 0.248. The van der Waals surface area contributed by atoms with Crippen molar-refractivity contribution in [3.63, 3.8) is 0 Å². The third kappa shape index (κ3) is 2.50. The third-order valence-corrected chi connectivity index (χ3v) is 4.51. The summed E-state index contributed by atoms with van der Waals surface area (Å²) in [5.74, 6) is 0.688. The standard InChI is InChI=1S/C15H15BrN2O/c16-8-11-7-14(19)18(9-11)10-13-4-1-3-12-5-2-6-17-15(12)13/h1-6,11H,7-10H2. The monoisotopic (exact) mass is 318 g/mol. The number of pyridine rings is 1. The molecule has 0 saturated carbocycles. The van der Waals surface area contributed by atoms with E-state index in [2.05, 4.69) is 39.1 Å². The van der Waals surface area contributed by atoms with Gasteiger partial charge < -0.3 is 4.90 Å². The van der Waals surface area contributed by atoms with Crippen LogP contribution in [0.4, 0.5) is 0 Å². The second-order valence-electron chi connectivity index (χ2n) is 4.99. The fourth-order valence-electron chi connectivity index (χ4n) is 2.61. The number of para-hydroxylation sites is 1. The lowest BCUT2D eigenvalue weighted by Gasteiger charge is -2.17. The van der Waals surface area contributed by atoms with E-state index in [0.29, 0.717) is 18.9 Å². The van der Waals surface area contributed by atoms with E-state index < -0.39 is 0 Å². The molecule has 1 amide bonds. The first-order chi connectivity index (χ1) is 9.28. The number of carbonyl (C=O) groups is 1. The van der Waals surface area contributed by atoms with Gasteiger partial charge in [0.2, 0.25) is 5.91 Å². The van der Waals surface area contributed by atoms with Crippen molar-refractivity contribution in [1.29, 1.82) is 0 Å². The number of aromatic nitrogens is 1. The van der Waals surface area contributed by atoms with Gasteiger partial charge in [0.25, 0.3) is 0 Å². The van der Waals surface area contributed by atoms with Crippen molar-refractivity contribution in [3.8, 4) is 0 Å². The van der Waals surface area contributed by atoms with Crippen LogP contribution in [0.3, 0.4) is 0 Å². The highest BCUT2D eigenvalue weighted by molar-refractivity contribution is 9.09. The molecule has 4 heteroatoms. The zero-order valence-electron chi connectivity index (χ0n) is 10.6. The van der Waals surface area contributed by atoms with Gasteiger partial charge in [-0.1, -0.05) is 40.2 Å². The zero-order chi connectivity index (χ0) is 13.2. The van der Waals surface area contributed by atoms with Gasteiger partial charge in [0.15, 0.2) is 0 Å². The van der Waals surface area contributed by atoms with Gasteiger partial charge in [0, 0.05) is 36.4 Å². The fourth-order valence-corrected chi connectivity index (χ4v) is 3.04. The van der Waals surface area contributed by atoms with Crippen LogP contribution in [-0.4, -0.2) is 27.7 Å². The first-order valence-corrected chi connectivity index (χ1v) is 7.56. The van der Waals surface area contributed by atoms with Crippen molar-refractivity contribution in [2.75, 3.05) is 11.9 Å². The summed E-state index contributed by atoms with van der Waals surface area (Å²) in [4.78, 5) is 18.3. The maximum atomic E-state index is 12.0. The Bertz CT molecular complexity index is 609. The molecule has 1 fully saturated rings. The molecule has 1 saturated heterocycles. The fraction of sp³-hybridized carbons (Fsp3) is 0.333. The molecule has 1 aromatic heterocycles. The van der Waals surface area contributed by atoms with Crippen LogP contribution in [0, 0.1) is 5.92 Å². The number of hydrogen-bond donors (Lipinski definition) is 0. The van der Waals surface area contributed by atoms with Crippen molar-refractivity contribution in [2.45, 2.75) is 13.0 Å². The number of alkyl halides is 1. The van der Waals surface area contributed by atoms with E-state index in [0.717, 1.165) is 28.3 Å². The molecule has 1 unspecified atom stereocenters. The molecule has 0 aliphatic carbocycles. The predicted molar refractivity (Wildman–Crippen MR) is 79.1 cm³/mol. The number of hydrogen-bond acceptors (Lipinski definition) is 2. The number of halogens is 1. The van der Waals surface area contributed by atoms with Crippen LogP contribution in [-0.2, 0) is 11.3 Å². The summed E-state index contributed by atoms with van der Waals surface area (Å²) in [5, 5.41) is 2.02. The van der Waals surface area contributed by atoms with Crippen LogP contribution in [0.2, 0.25) is 0 Å². The van der Waals surface area contributed by atoms with Crippen molar-refractivity contribution in [1.82, 2.24) is 9.88 Å². The van der Waals surface area contributed by atoms with Gasteiger partial charge in [-0.2, -0.15) is 0 Å². The largest absolute Gasteiger partial charge is 0.338 e. The van der Waals surface area contributed by atoms with Crippen molar-refractivity contribution >= 4 is 32.7 Å². The molecule has 2 heterocycles. The Balaban J connectivity index is 1.88. The molecule has 0 N–H and O–H groups in total. The summed E-state index contributed by atoms with van der Waals surface area (Å²) in [6, 6.07) is 10.1. The Kier molecular flexibility index (Phi) is 3.51. The van der Waals surface area contributed by atoms with Gasteiger partial charge in [-0.25, -0.2) is 0 Å². The Labute approximate surface area is 120 Å². The highest BCUT2D eigenvalue weighted by Crippen LogP contribution is 2.24. The Hall–Kier alpha value is -1.42. The highest BCUT2D eigenvalue weighted by Gasteiger charge is 2.28. The van der Waals surface area contributed by atoms with Crippen LogP contribution < -0.4 is 0 Å². The van der Waals surface area contributed by atoms with E-state index in [4.69, 9.17) is 0 Å². The molecule has 0 spiro atoms. The summed E-state index contributed by atoms with van der Waals surface area (Å²) in [5.41, 5.74) is 2.13. The lowest BCUT2D eigenvalue weighted by molar-refractivity contribution is -0.128. The number of nitrogens with zero attached hydrogens (tertiary/aromatic N) is 2. The molecular weight excluding hydrogens is 304 g/mol. The van der Waals surface area contributed by atoms with Gasteiger partial charge in [-0.05, 0) is 17.5 Å². The van der Waals surface area contributed by atoms with Crippen LogP contribution in [0.5, 0.6) is 0 Å². The third-order valence-electron chi connectivity index (χ3n) is 3.59. The summed E-state index contributed by atoms with van der Waals surface area (Å²) in [6.07, 6.45) is 2.46. The summed E-state index contributed by atoms with van der Waals surface area (Å²) in [7, 11) is 0. The predicted octanol–water partition coefficient (Wildman–Crippen LogP) is 2.98. The van der Waals surface area contributed by atoms with Gasteiger partial charge in [-0.3, -0.25) is 9.78 Å². The van der Waals surface area contributed by atoms with E-state index >= 15 is 0 Å². The van der Waals surface area contributed by atoms with E-state index in [9.17, 15) is 4.79 Å². The Morgan fingerprint density at radius 3 is 2.95 bits per heavy atom. The van der Waals surface area contributed by atoms with Crippen molar-refractivity contribution in [2.24, 2.45) is 5.92 Å². The molecule has 1 aliphatic heterocycles. The maximum Gasteiger partial charge on any atom is 0.223 e. The Morgan fingerprint density at radius 1 is 1.32 bits per heavy atom. The molecule has 0 bridgehead atoms. The second kappa shape index (κ2) is 5.29. The lowest BCUT2D eigenvalue weighted by Crippen LogP contribution is -2.24. The molecule has 3 rings (SSSR count).